The van der Waals surface area contributed by atoms with Gasteiger partial charge in [0.05, 0.1) is 16.5 Å². The highest BCUT2D eigenvalue weighted by atomic mass is 35.5. The molecular formula is C18H17ClN6O3S. The summed E-state index contributed by atoms with van der Waals surface area (Å²) in [6.07, 6.45) is 2.27. The summed E-state index contributed by atoms with van der Waals surface area (Å²) >= 11 is 7.33. The van der Waals surface area contributed by atoms with Gasteiger partial charge < -0.3 is 9.88 Å². The van der Waals surface area contributed by atoms with Crippen LogP contribution in [0.25, 0.3) is 21.4 Å². The van der Waals surface area contributed by atoms with Crippen LogP contribution in [0, 0.1) is 0 Å². The SMILES string of the molecule is Cn1c(=O)c2c(ncn2CCCC(=O)Nc2nc3ccc(Cl)cc3s2)n(C)c1=O. The first kappa shape index (κ1) is 19.3. The molecule has 1 amide bonds. The monoisotopic (exact) mass is 432 g/mol. The summed E-state index contributed by atoms with van der Waals surface area (Å²) in [6.45, 7) is 0.423. The molecule has 3 heterocycles. The Morgan fingerprint density at radius 2 is 2.03 bits per heavy atom. The molecule has 0 aliphatic rings. The number of carbonyl (C=O) groups excluding carboxylic acids is 1. The number of thiazole rings is 1. The number of anilines is 1. The molecule has 0 atom stereocenters. The zero-order valence-corrected chi connectivity index (χ0v) is 17.3. The zero-order chi connectivity index (χ0) is 20.7. The first-order valence-corrected chi connectivity index (χ1v) is 10.0. The van der Waals surface area contributed by atoms with Crippen LogP contribution in [0.5, 0.6) is 0 Å². The molecule has 0 unspecified atom stereocenters. The number of fused-ring (bicyclic) bond motifs is 2. The van der Waals surface area contributed by atoms with Gasteiger partial charge in [-0.15, -0.1) is 0 Å². The number of hydrogen-bond donors (Lipinski definition) is 1. The minimum atomic E-state index is -0.427. The third-order valence-corrected chi connectivity index (χ3v) is 5.79. The second-order valence-corrected chi connectivity index (χ2v) is 8.07. The van der Waals surface area contributed by atoms with Gasteiger partial charge in [-0.05, 0) is 24.6 Å². The summed E-state index contributed by atoms with van der Waals surface area (Å²) in [4.78, 5) is 45.2. The molecule has 1 aromatic carbocycles. The maximum absolute atomic E-state index is 12.4. The summed E-state index contributed by atoms with van der Waals surface area (Å²) in [5.74, 6) is -0.167. The molecule has 0 fully saturated rings. The number of nitrogens with zero attached hydrogens (tertiary/aromatic N) is 5. The summed E-state index contributed by atoms with van der Waals surface area (Å²) in [7, 11) is 3.00. The van der Waals surface area contributed by atoms with E-state index in [2.05, 4.69) is 15.3 Å². The predicted molar refractivity (Wildman–Crippen MR) is 113 cm³/mol. The fourth-order valence-electron chi connectivity index (χ4n) is 3.11. The molecule has 0 saturated carbocycles. The first-order valence-electron chi connectivity index (χ1n) is 8.82. The van der Waals surface area contributed by atoms with Crippen molar-refractivity contribution in [1.29, 1.82) is 0 Å². The highest BCUT2D eigenvalue weighted by Gasteiger charge is 2.14. The molecule has 29 heavy (non-hydrogen) atoms. The van der Waals surface area contributed by atoms with Crippen LogP contribution in [0.4, 0.5) is 5.13 Å². The Labute approximate surface area is 173 Å². The molecule has 0 spiro atoms. The Kier molecular flexibility index (Phi) is 4.97. The van der Waals surface area contributed by atoms with Crippen molar-refractivity contribution in [2.75, 3.05) is 5.32 Å². The second-order valence-electron chi connectivity index (χ2n) is 6.60. The van der Waals surface area contributed by atoms with E-state index in [1.807, 2.05) is 12.1 Å². The largest absolute Gasteiger partial charge is 0.332 e. The maximum atomic E-state index is 12.4. The zero-order valence-electron chi connectivity index (χ0n) is 15.7. The normalized spacial score (nSPS) is 11.4. The Hall–Kier alpha value is -2.98. The van der Waals surface area contributed by atoms with Gasteiger partial charge in [-0.1, -0.05) is 22.9 Å². The number of rotatable bonds is 5. The number of imidazole rings is 1. The Bertz CT molecular complexity index is 1370. The molecule has 9 nitrogen and oxygen atoms in total. The standard InChI is InChI=1S/C18H17ClN6O3S/c1-23-15-14(16(27)24(2)18(23)28)25(9-20-15)7-3-4-13(26)22-17-21-11-6-5-10(19)8-12(11)29-17/h5-6,8-9H,3-4,7H2,1-2H3,(H,21,22,26). The van der Waals surface area contributed by atoms with E-state index < -0.39 is 11.2 Å². The Morgan fingerprint density at radius 3 is 2.83 bits per heavy atom. The predicted octanol–water partition coefficient (Wildman–Crippen LogP) is 2.12. The summed E-state index contributed by atoms with van der Waals surface area (Å²) in [5.41, 5.74) is 0.622. The van der Waals surface area contributed by atoms with Gasteiger partial charge in [0.15, 0.2) is 16.3 Å². The van der Waals surface area contributed by atoms with E-state index in [-0.39, 0.29) is 12.3 Å². The first-order chi connectivity index (χ1) is 13.8. The molecular weight excluding hydrogens is 416 g/mol. The van der Waals surface area contributed by atoms with E-state index in [4.69, 9.17) is 11.6 Å². The van der Waals surface area contributed by atoms with Crippen LogP contribution in [0.15, 0.2) is 34.1 Å². The number of benzene rings is 1. The highest BCUT2D eigenvalue weighted by Crippen LogP contribution is 2.28. The van der Waals surface area contributed by atoms with Gasteiger partial charge in [-0.25, -0.2) is 14.8 Å². The topological polar surface area (TPSA) is 104 Å². The second kappa shape index (κ2) is 7.45. The van der Waals surface area contributed by atoms with Gasteiger partial charge in [0.25, 0.3) is 5.56 Å². The van der Waals surface area contributed by atoms with Crippen molar-refractivity contribution in [2.45, 2.75) is 19.4 Å². The van der Waals surface area contributed by atoms with Crippen LogP contribution in [-0.2, 0) is 25.4 Å². The summed E-state index contributed by atoms with van der Waals surface area (Å²) < 4.78 is 4.95. The number of halogens is 1. The van der Waals surface area contributed by atoms with Crippen molar-refractivity contribution in [3.63, 3.8) is 0 Å². The van der Waals surface area contributed by atoms with Crippen molar-refractivity contribution < 1.29 is 4.79 Å². The number of nitrogens with one attached hydrogen (secondary N) is 1. The number of amides is 1. The molecule has 150 valence electrons. The van der Waals surface area contributed by atoms with Crippen molar-refractivity contribution >= 4 is 55.4 Å². The molecule has 0 aliphatic carbocycles. The van der Waals surface area contributed by atoms with Gasteiger partial charge in [0, 0.05) is 32.1 Å². The minimum Gasteiger partial charge on any atom is -0.325 e. The van der Waals surface area contributed by atoms with Crippen LogP contribution in [0.3, 0.4) is 0 Å². The third kappa shape index (κ3) is 3.56. The van der Waals surface area contributed by atoms with Gasteiger partial charge in [-0.3, -0.25) is 18.7 Å². The fraction of sp³-hybridized carbons (Fsp3) is 0.278. The number of aromatic nitrogens is 5. The minimum absolute atomic E-state index is 0.167. The molecule has 0 radical (unpaired) electrons. The molecule has 11 heteroatoms. The summed E-state index contributed by atoms with van der Waals surface area (Å²) in [6, 6.07) is 5.37. The van der Waals surface area contributed by atoms with E-state index in [1.165, 1.54) is 29.3 Å². The molecule has 0 saturated heterocycles. The average Bonchev–Trinajstić information content (AvgIpc) is 3.28. The lowest BCUT2D eigenvalue weighted by molar-refractivity contribution is -0.116. The van der Waals surface area contributed by atoms with E-state index >= 15 is 0 Å². The Balaban J connectivity index is 1.44. The lowest BCUT2D eigenvalue weighted by atomic mass is 10.3. The summed E-state index contributed by atoms with van der Waals surface area (Å²) in [5, 5.41) is 3.93. The van der Waals surface area contributed by atoms with Crippen LogP contribution < -0.4 is 16.6 Å². The van der Waals surface area contributed by atoms with Gasteiger partial charge >= 0.3 is 5.69 Å². The smallest absolute Gasteiger partial charge is 0.325 e. The van der Waals surface area contributed by atoms with E-state index in [0.717, 1.165) is 14.8 Å². The number of carbonyl (C=O) groups is 1. The van der Waals surface area contributed by atoms with Crippen LogP contribution >= 0.6 is 22.9 Å². The van der Waals surface area contributed by atoms with Crippen molar-refractivity contribution in [1.82, 2.24) is 23.7 Å². The van der Waals surface area contributed by atoms with E-state index in [9.17, 15) is 14.4 Å². The number of hydrogen-bond acceptors (Lipinski definition) is 6. The lowest BCUT2D eigenvalue weighted by Crippen LogP contribution is -2.37. The van der Waals surface area contributed by atoms with Crippen LogP contribution in [0.1, 0.15) is 12.8 Å². The van der Waals surface area contributed by atoms with E-state index in [1.54, 1.807) is 17.7 Å². The quantitative estimate of drug-likeness (QED) is 0.520. The van der Waals surface area contributed by atoms with Crippen LogP contribution in [0.2, 0.25) is 5.02 Å². The van der Waals surface area contributed by atoms with Crippen molar-refractivity contribution in [2.24, 2.45) is 14.1 Å². The third-order valence-electron chi connectivity index (χ3n) is 4.62. The fourth-order valence-corrected chi connectivity index (χ4v) is 4.27. The lowest BCUT2D eigenvalue weighted by Gasteiger charge is -2.06. The van der Waals surface area contributed by atoms with Gasteiger partial charge in [-0.2, -0.15) is 0 Å². The van der Waals surface area contributed by atoms with Gasteiger partial charge in [0.1, 0.15) is 0 Å². The van der Waals surface area contributed by atoms with Crippen molar-refractivity contribution in [3.05, 3.63) is 50.4 Å². The molecule has 4 aromatic rings. The number of aryl methyl sites for hydroxylation is 2. The molecule has 3 aromatic heterocycles. The molecule has 1 N–H and O–H groups in total. The van der Waals surface area contributed by atoms with Crippen molar-refractivity contribution in [3.8, 4) is 0 Å². The maximum Gasteiger partial charge on any atom is 0.332 e. The molecule has 4 rings (SSSR count). The average molecular weight is 433 g/mol. The Morgan fingerprint density at radius 1 is 1.24 bits per heavy atom. The van der Waals surface area contributed by atoms with Gasteiger partial charge in [0.2, 0.25) is 5.91 Å². The highest BCUT2D eigenvalue weighted by molar-refractivity contribution is 7.22. The molecule has 0 bridgehead atoms. The van der Waals surface area contributed by atoms with Crippen LogP contribution in [-0.4, -0.2) is 29.6 Å². The van der Waals surface area contributed by atoms with E-state index in [0.29, 0.717) is 34.3 Å². The molecule has 0 aliphatic heterocycles.